The fourth-order valence-electron chi connectivity index (χ4n) is 2.36. The molecule has 0 radical (unpaired) electrons. The summed E-state index contributed by atoms with van der Waals surface area (Å²) in [6.45, 7) is 3.62. The van der Waals surface area contributed by atoms with E-state index in [0.717, 1.165) is 19.5 Å². The van der Waals surface area contributed by atoms with Crippen molar-refractivity contribution in [3.63, 3.8) is 0 Å². The second kappa shape index (κ2) is 7.56. The number of amides is 1. The number of aliphatic hydroxyl groups is 1. The van der Waals surface area contributed by atoms with E-state index in [2.05, 4.69) is 15.3 Å². The Balaban J connectivity index is 2.09. The van der Waals surface area contributed by atoms with E-state index in [0.29, 0.717) is 30.5 Å². The average Bonchev–Trinajstić information content (AvgIpc) is 2.73. The van der Waals surface area contributed by atoms with Crippen LogP contribution >= 0.6 is 11.6 Å². The molecule has 1 amide bonds. The van der Waals surface area contributed by atoms with Crippen molar-refractivity contribution < 1.29 is 9.90 Å². The number of nitrogen functional groups attached to an aromatic ring is 1. The molecular weight excluding hydrogens is 294 g/mol. The van der Waals surface area contributed by atoms with Crippen LogP contribution in [0.4, 0.5) is 5.82 Å². The second-order valence-electron chi connectivity index (χ2n) is 4.88. The number of hydrogen-bond donors (Lipinski definition) is 3. The lowest BCUT2D eigenvalue weighted by atomic mass is 10.3. The van der Waals surface area contributed by atoms with Gasteiger partial charge in [0, 0.05) is 26.2 Å². The maximum absolute atomic E-state index is 12.5. The van der Waals surface area contributed by atoms with Gasteiger partial charge in [0.1, 0.15) is 11.5 Å². The third-order valence-electron chi connectivity index (χ3n) is 3.49. The molecule has 0 aromatic carbocycles. The van der Waals surface area contributed by atoms with Crippen molar-refractivity contribution in [3.8, 4) is 0 Å². The molecule has 0 aliphatic carbocycles. The summed E-state index contributed by atoms with van der Waals surface area (Å²) in [5, 5.41) is 9.30. The summed E-state index contributed by atoms with van der Waals surface area (Å²) in [6, 6.07) is 3.22. The van der Waals surface area contributed by atoms with Gasteiger partial charge < -0.3 is 15.4 Å². The summed E-state index contributed by atoms with van der Waals surface area (Å²) in [4.78, 5) is 20.6. The van der Waals surface area contributed by atoms with Gasteiger partial charge in [-0.05, 0) is 25.1 Å². The van der Waals surface area contributed by atoms with Crippen molar-refractivity contribution in [3.05, 3.63) is 22.8 Å². The first-order valence-corrected chi connectivity index (χ1v) is 7.29. The molecule has 0 bridgehead atoms. The number of halogens is 1. The number of nitrogens with two attached hydrogens (primary N) is 1. The molecule has 1 fully saturated rings. The van der Waals surface area contributed by atoms with Gasteiger partial charge in [-0.15, -0.1) is 0 Å². The number of pyridine rings is 1. The van der Waals surface area contributed by atoms with Crippen molar-refractivity contribution in [2.75, 3.05) is 44.8 Å². The number of hydrogen-bond acceptors (Lipinski definition) is 6. The van der Waals surface area contributed by atoms with Crippen LogP contribution in [-0.2, 0) is 0 Å². The number of anilines is 1. The molecule has 4 N–H and O–H groups in total. The topological polar surface area (TPSA) is 94.7 Å². The number of β-amino-alcohol motifs (C(OH)–C–C–N with tert-alkyl or cyclic N) is 1. The van der Waals surface area contributed by atoms with Crippen LogP contribution in [0.5, 0.6) is 0 Å². The highest BCUT2D eigenvalue weighted by atomic mass is 35.5. The van der Waals surface area contributed by atoms with Gasteiger partial charge in [0.15, 0.2) is 0 Å². The van der Waals surface area contributed by atoms with Gasteiger partial charge in [0.25, 0.3) is 5.91 Å². The zero-order valence-corrected chi connectivity index (χ0v) is 12.5. The predicted octanol–water partition coefficient (Wildman–Crippen LogP) is 0.161. The normalized spacial score (nSPS) is 16.6. The van der Waals surface area contributed by atoms with Crippen molar-refractivity contribution in [2.24, 2.45) is 5.84 Å². The van der Waals surface area contributed by atoms with Gasteiger partial charge in [0.2, 0.25) is 0 Å². The Labute approximate surface area is 128 Å². The van der Waals surface area contributed by atoms with Gasteiger partial charge >= 0.3 is 0 Å². The van der Waals surface area contributed by atoms with E-state index in [-0.39, 0.29) is 18.2 Å². The molecule has 0 saturated carbocycles. The number of rotatable bonds is 4. The highest BCUT2D eigenvalue weighted by molar-refractivity contribution is 6.33. The Morgan fingerprint density at radius 1 is 1.38 bits per heavy atom. The van der Waals surface area contributed by atoms with E-state index in [1.54, 1.807) is 17.0 Å². The summed E-state index contributed by atoms with van der Waals surface area (Å²) >= 11 is 6.06. The SMILES string of the molecule is NNc1ccc(Cl)c(C(=O)N2CCCN(CCO)CC2)n1. The third kappa shape index (κ3) is 4.04. The van der Waals surface area contributed by atoms with Gasteiger partial charge in [-0.25, -0.2) is 10.8 Å². The number of carbonyl (C=O) groups is 1. The van der Waals surface area contributed by atoms with E-state index in [1.807, 2.05) is 0 Å². The summed E-state index contributed by atoms with van der Waals surface area (Å²) in [6.07, 6.45) is 0.859. The van der Waals surface area contributed by atoms with Crippen molar-refractivity contribution >= 4 is 23.3 Å². The number of aliphatic hydroxyl groups excluding tert-OH is 1. The van der Waals surface area contributed by atoms with E-state index >= 15 is 0 Å². The molecular formula is C13H20ClN5O2. The summed E-state index contributed by atoms with van der Waals surface area (Å²) in [7, 11) is 0. The number of nitrogens with one attached hydrogen (secondary N) is 1. The summed E-state index contributed by atoms with van der Waals surface area (Å²) < 4.78 is 0. The van der Waals surface area contributed by atoms with Crippen LogP contribution in [0, 0.1) is 0 Å². The minimum Gasteiger partial charge on any atom is -0.395 e. The third-order valence-corrected chi connectivity index (χ3v) is 3.79. The number of hydrazine groups is 1. The van der Waals surface area contributed by atoms with Crippen LogP contribution in [-0.4, -0.2) is 65.1 Å². The van der Waals surface area contributed by atoms with Crippen LogP contribution in [0.3, 0.4) is 0 Å². The molecule has 1 aromatic heterocycles. The molecule has 0 atom stereocenters. The minimum atomic E-state index is -0.192. The molecule has 7 nitrogen and oxygen atoms in total. The summed E-state index contributed by atoms with van der Waals surface area (Å²) in [5.74, 6) is 5.52. The van der Waals surface area contributed by atoms with Crippen LogP contribution < -0.4 is 11.3 Å². The molecule has 2 rings (SSSR count). The van der Waals surface area contributed by atoms with Crippen molar-refractivity contribution in [2.45, 2.75) is 6.42 Å². The van der Waals surface area contributed by atoms with E-state index in [1.165, 1.54) is 0 Å². The minimum absolute atomic E-state index is 0.131. The lowest BCUT2D eigenvalue weighted by Gasteiger charge is -2.21. The van der Waals surface area contributed by atoms with Gasteiger partial charge in [-0.3, -0.25) is 9.69 Å². The van der Waals surface area contributed by atoms with E-state index in [9.17, 15) is 4.79 Å². The Morgan fingerprint density at radius 3 is 2.90 bits per heavy atom. The lowest BCUT2D eigenvalue weighted by molar-refractivity contribution is 0.0755. The predicted molar refractivity (Wildman–Crippen MR) is 81.1 cm³/mol. The largest absolute Gasteiger partial charge is 0.395 e. The van der Waals surface area contributed by atoms with Crippen LogP contribution in [0.15, 0.2) is 12.1 Å². The first-order valence-electron chi connectivity index (χ1n) is 6.91. The smallest absolute Gasteiger partial charge is 0.274 e. The van der Waals surface area contributed by atoms with Crippen LogP contribution in [0.2, 0.25) is 5.02 Å². The maximum atomic E-state index is 12.5. The first kappa shape index (κ1) is 16.0. The second-order valence-corrected chi connectivity index (χ2v) is 5.29. The first-order chi connectivity index (χ1) is 10.2. The Morgan fingerprint density at radius 2 is 2.19 bits per heavy atom. The lowest BCUT2D eigenvalue weighted by Crippen LogP contribution is -2.36. The van der Waals surface area contributed by atoms with Crippen molar-refractivity contribution in [1.82, 2.24) is 14.8 Å². The Kier molecular flexibility index (Phi) is 5.75. The molecule has 1 aliphatic rings. The fourth-order valence-corrected chi connectivity index (χ4v) is 2.55. The zero-order chi connectivity index (χ0) is 15.2. The molecule has 0 spiro atoms. The summed E-state index contributed by atoms with van der Waals surface area (Å²) in [5.41, 5.74) is 2.62. The number of aromatic nitrogens is 1. The van der Waals surface area contributed by atoms with E-state index < -0.39 is 0 Å². The Hall–Kier alpha value is -1.41. The molecule has 1 aromatic rings. The van der Waals surface area contributed by atoms with Crippen molar-refractivity contribution in [1.29, 1.82) is 0 Å². The molecule has 8 heteroatoms. The molecule has 116 valence electrons. The molecule has 21 heavy (non-hydrogen) atoms. The molecule has 1 saturated heterocycles. The quantitative estimate of drug-likeness (QED) is 0.541. The highest BCUT2D eigenvalue weighted by Crippen LogP contribution is 2.19. The highest BCUT2D eigenvalue weighted by Gasteiger charge is 2.23. The van der Waals surface area contributed by atoms with Gasteiger partial charge in [0.05, 0.1) is 11.6 Å². The van der Waals surface area contributed by atoms with Gasteiger partial charge in [-0.1, -0.05) is 11.6 Å². The average molecular weight is 314 g/mol. The fraction of sp³-hybridized carbons (Fsp3) is 0.538. The molecule has 0 unspecified atom stereocenters. The number of carbonyl (C=O) groups excluding carboxylic acids is 1. The monoisotopic (exact) mass is 313 g/mol. The van der Waals surface area contributed by atoms with Crippen LogP contribution in [0.25, 0.3) is 0 Å². The number of nitrogens with zero attached hydrogens (tertiary/aromatic N) is 3. The standard InChI is InChI=1S/C13H20ClN5O2/c14-10-2-3-11(17-15)16-12(10)13(21)19-5-1-4-18(6-7-19)8-9-20/h2-3,20H,1,4-9,15H2,(H,16,17). The van der Waals surface area contributed by atoms with Crippen LogP contribution in [0.1, 0.15) is 16.9 Å². The van der Waals surface area contributed by atoms with E-state index in [4.69, 9.17) is 22.6 Å². The van der Waals surface area contributed by atoms with Gasteiger partial charge in [-0.2, -0.15) is 0 Å². The molecule has 1 aliphatic heterocycles. The zero-order valence-electron chi connectivity index (χ0n) is 11.8. The molecule has 2 heterocycles. The Bertz CT molecular complexity index is 499. The maximum Gasteiger partial charge on any atom is 0.274 e.